The predicted octanol–water partition coefficient (Wildman–Crippen LogP) is 4.08. The van der Waals surface area contributed by atoms with Gasteiger partial charge in [0.1, 0.15) is 0 Å². The van der Waals surface area contributed by atoms with Gasteiger partial charge in [0.15, 0.2) is 0 Å². The van der Waals surface area contributed by atoms with Crippen molar-refractivity contribution < 1.29 is 23.1 Å². The first kappa shape index (κ1) is 26.1. The lowest BCUT2D eigenvalue weighted by Gasteiger charge is -2.34. The molecule has 2 aliphatic heterocycles. The number of hydrogen-bond acceptors (Lipinski definition) is 7. The van der Waals surface area contributed by atoms with Crippen molar-refractivity contribution in [3.8, 4) is 0 Å². The van der Waals surface area contributed by atoms with Crippen molar-refractivity contribution in [1.29, 1.82) is 0 Å². The van der Waals surface area contributed by atoms with Crippen molar-refractivity contribution in [2.75, 3.05) is 43.9 Å². The van der Waals surface area contributed by atoms with Crippen LogP contribution in [-0.2, 0) is 11.3 Å². The third kappa shape index (κ3) is 7.02. The minimum atomic E-state index is -5.08. The minimum absolute atomic E-state index is 0.511. The molecule has 2 aromatic rings. The van der Waals surface area contributed by atoms with Crippen LogP contribution in [0.15, 0.2) is 46.2 Å². The summed E-state index contributed by atoms with van der Waals surface area (Å²) in [5.74, 6) is -2.76. The highest BCUT2D eigenvalue weighted by molar-refractivity contribution is 7.99. The average molecular weight is 498 g/mol. The van der Waals surface area contributed by atoms with Crippen LogP contribution in [-0.4, -0.2) is 61.4 Å². The van der Waals surface area contributed by atoms with E-state index in [1.807, 2.05) is 18.8 Å². The summed E-state index contributed by atoms with van der Waals surface area (Å²) in [4.78, 5) is 14.0. The second-order valence-electron chi connectivity index (χ2n) is 8.11. The summed E-state index contributed by atoms with van der Waals surface area (Å²) in [5, 5.41) is 17.8. The quantitative estimate of drug-likeness (QED) is 0.347. The number of hydrogen-bond donors (Lipinski definition) is 5. The molecule has 0 aliphatic carbocycles. The Morgan fingerprint density at radius 2 is 1.91 bits per heavy atom. The van der Waals surface area contributed by atoms with Gasteiger partial charge >= 0.3 is 12.1 Å². The van der Waals surface area contributed by atoms with Gasteiger partial charge in [-0.3, -0.25) is 0 Å². The fourth-order valence-electron chi connectivity index (χ4n) is 3.82. The Labute approximate surface area is 201 Å². The number of carboxylic acids is 1. The number of halogens is 3. The third-order valence-corrected chi connectivity index (χ3v) is 6.75. The molecule has 0 radical (unpaired) electrons. The maximum Gasteiger partial charge on any atom is 0.490 e. The Balaban J connectivity index is 0.000000406. The largest absolute Gasteiger partial charge is 0.490 e. The molecule has 2 aliphatic rings. The van der Waals surface area contributed by atoms with E-state index in [1.54, 1.807) is 0 Å². The molecule has 0 spiro atoms. The smallest absolute Gasteiger partial charge is 0.475 e. The molecular weight excluding hydrogens is 467 g/mol. The zero-order valence-corrected chi connectivity index (χ0v) is 19.7. The number of aliphatic carboxylic acids is 1. The van der Waals surface area contributed by atoms with Crippen LogP contribution in [0.4, 0.5) is 30.2 Å². The van der Waals surface area contributed by atoms with E-state index in [1.165, 1.54) is 45.3 Å². The molecule has 1 saturated heterocycles. The van der Waals surface area contributed by atoms with Crippen LogP contribution >= 0.6 is 11.8 Å². The van der Waals surface area contributed by atoms with Crippen molar-refractivity contribution >= 4 is 34.8 Å². The molecule has 186 valence electrons. The fraction of sp³-hybridized carbons (Fsp3) is 0.435. The van der Waals surface area contributed by atoms with Crippen LogP contribution in [0.3, 0.4) is 0 Å². The number of nitrogens with zero attached hydrogens (tertiary/aromatic N) is 1. The van der Waals surface area contributed by atoms with E-state index in [0.29, 0.717) is 12.6 Å². The standard InChI is InChI=1S/C21H29N5S.C2HF3O2/c1-23-8-11-26-9-6-16(7-10-26)24-18-12-15(14-22)13-20-21(18)25-17-4-2-3-5-19(17)27-20;3-2(4,5)1(6)7/h2-5,12-13,16,23-25H,6-11,14,22H2,1H3;(H,6,7). The van der Waals surface area contributed by atoms with Crippen LogP contribution in [0.2, 0.25) is 0 Å². The molecule has 6 N–H and O–H groups in total. The lowest BCUT2D eigenvalue weighted by Crippen LogP contribution is -2.41. The van der Waals surface area contributed by atoms with Gasteiger partial charge in [-0.05, 0) is 49.7 Å². The molecule has 0 aromatic heterocycles. The first-order chi connectivity index (χ1) is 16.2. The van der Waals surface area contributed by atoms with Gasteiger partial charge in [-0.1, -0.05) is 23.9 Å². The fourth-order valence-corrected chi connectivity index (χ4v) is 4.90. The number of nitrogens with two attached hydrogens (primary N) is 1. The Kier molecular flexibility index (Phi) is 9.06. The number of likely N-dealkylation sites (N-methyl/N-ethyl adjacent to an activating group) is 1. The zero-order chi connectivity index (χ0) is 24.7. The van der Waals surface area contributed by atoms with Crippen molar-refractivity contribution in [3.05, 3.63) is 42.0 Å². The molecule has 0 unspecified atom stereocenters. The van der Waals surface area contributed by atoms with Gasteiger partial charge in [-0.25, -0.2) is 4.79 Å². The van der Waals surface area contributed by atoms with E-state index in [2.05, 4.69) is 57.2 Å². The van der Waals surface area contributed by atoms with Crippen molar-refractivity contribution in [3.63, 3.8) is 0 Å². The number of carboxylic acid groups (broad SMARTS) is 1. The molecule has 0 saturated carbocycles. The van der Waals surface area contributed by atoms with Crippen molar-refractivity contribution in [2.24, 2.45) is 5.73 Å². The number of rotatable bonds is 6. The zero-order valence-electron chi connectivity index (χ0n) is 18.9. The monoisotopic (exact) mass is 497 g/mol. The summed E-state index contributed by atoms with van der Waals surface area (Å²) in [6.45, 7) is 5.07. The summed E-state index contributed by atoms with van der Waals surface area (Å²) in [5.41, 5.74) is 10.7. The predicted molar refractivity (Wildman–Crippen MR) is 129 cm³/mol. The first-order valence-electron chi connectivity index (χ1n) is 11.1. The molecule has 7 nitrogen and oxygen atoms in total. The Morgan fingerprint density at radius 3 is 2.53 bits per heavy atom. The number of piperidine rings is 1. The van der Waals surface area contributed by atoms with E-state index in [0.717, 1.165) is 26.2 Å². The van der Waals surface area contributed by atoms with Crippen LogP contribution < -0.4 is 21.7 Å². The summed E-state index contributed by atoms with van der Waals surface area (Å²) in [6, 6.07) is 13.4. The van der Waals surface area contributed by atoms with Crippen LogP contribution in [0, 0.1) is 0 Å². The summed E-state index contributed by atoms with van der Waals surface area (Å²) in [7, 11) is 2.02. The summed E-state index contributed by atoms with van der Waals surface area (Å²) < 4.78 is 31.7. The highest BCUT2D eigenvalue weighted by Crippen LogP contribution is 2.47. The molecule has 2 heterocycles. The van der Waals surface area contributed by atoms with Crippen LogP contribution in [0.1, 0.15) is 18.4 Å². The second-order valence-corrected chi connectivity index (χ2v) is 9.19. The van der Waals surface area contributed by atoms with E-state index in [-0.39, 0.29) is 0 Å². The topological polar surface area (TPSA) is 103 Å². The maximum atomic E-state index is 10.6. The maximum absolute atomic E-state index is 10.6. The molecule has 0 bridgehead atoms. The van der Waals surface area contributed by atoms with Crippen molar-refractivity contribution in [2.45, 2.75) is 41.4 Å². The molecule has 1 fully saturated rings. The Morgan fingerprint density at radius 1 is 1.24 bits per heavy atom. The lowest BCUT2D eigenvalue weighted by atomic mass is 10.0. The normalized spacial score (nSPS) is 15.9. The molecule has 0 amide bonds. The van der Waals surface area contributed by atoms with Crippen LogP contribution in [0.25, 0.3) is 0 Å². The Hall–Kier alpha value is -2.47. The lowest BCUT2D eigenvalue weighted by molar-refractivity contribution is -0.192. The highest BCUT2D eigenvalue weighted by atomic mass is 32.2. The van der Waals surface area contributed by atoms with Gasteiger partial charge in [0, 0.05) is 48.6 Å². The van der Waals surface area contributed by atoms with Gasteiger partial charge in [0.25, 0.3) is 0 Å². The SMILES string of the molecule is CNCCN1CCC(Nc2cc(CN)cc3c2Nc2ccccc2S3)CC1.O=C(O)C(F)(F)F. The molecule has 0 atom stereocenters. The van der Waals surface area contributed by atoms with Crippen molar-refractivity contribution in [1.82, 2.24) is 10.2 Å². The first-order valence-corrected chi connectivity index (χ1v) is 11.9. The van der Waals surface area contributed by atoms with Gasteiger partial charge in [0.05, 0.1) is 17.1 Å². The summed E-state index contributed by atoms with van der Waals surface area (Å²) >= 11 is 1.82. The van der Waals surface area contributed by atoms with E-state index in [9.17, 15) is 13.2 Å². The minimum Gasteiger partial charge on any atom is -0.475 e. The Bertz CT molecular complexity index is 982. The van der Waals surface area contributed by atoms with Gasteiger partial charge in [0.2, 0.25) is 0 Å². The van der Waals surface area contributed by atoms with E-state index < -0.39 is 12.1 Å². The molecule has 34 heavy (non-hydrogen) atoms. The number of carbonyl (C=O) groups is 1. The number of fused-ring (bicyclic) bond motifs is 2. The van der Waals surface area contributed by atoms with Crippen LogP contribution in [0.5, 0.6) is 0 Å². The number of benzene rings is 2. The highest BCUT2D eigenvalue weighted by Gasteiger charge is 2.38. The number of nitrogens with one attached hydrogen (secondary N) is 3. The molecule has 2 aromatic carbocycles. The van der Waals surface area contributed by atoms with Gasteiger partial charge < -0.3 is 31.7 Å². The molecule has 4 rings (SSSR count). The average Bonchev–Trinajstić information content (AvgIpc) is 2.82. The second kappa shape index (κ2) is 11.8. The van der Waals surface area contributed by atoms with E-state index in [4.69, 9.17) is 15.6 Å². The van der Waals surface area contributed by atoms with Gasteiger partial charge in [-0.2, -0.15) is 13.2 Å². The third-order valence-electron chi connectivity index (χ3n) is 5.63. The number of likely N-dealkylation sites (tertiary alicyclic amines) is 1. The number of alkyl halides is 3. The summed E-state index contributed by atoms with van der Waals surface area (Å²) in [6.07, 6.45) is -2.73. The molecular formula is C23H30F3N5O2S. The molecule has 11 heteroatoms. The van der Waals surface area contributed by atoms with Gasteiger partial charge in [-0.15, -0.1) is 0 Å². The number of anilines is 3. The van der Waals surface area contributed by atoms with E-state index >= 15 is 0 Å². The number of para-hydroxylation sites is 1.